The Bertz CT molecular complexity index is 247. The number of aliphatic hydroxyl groups is 1. The minimum absolute atomic E-state index is 0.0928. The number of rotatable bonds is 7. The molecule has 0 aliphatic carbocycles. The third kappa shape index (κ3) is 6.34. The molecule has 1 unspecified atom stereocenters. The third-order valence-electron chi connectivity index (χ3n) is 2.20. The van der Waals surface area contributed by atoms with Crippen molar-refractivity contribution in [3.8, 4) is 0 Å². The minimum atomic E-state index is -3.20. The number of sulfonamides is 1. The molecule has 0 aliphatic heterocycles. The SMILES string of the molecule is CCCCS(=O)(=O)NCC(C)(O)CC. The minimum Gasteiger partial charge on any atom is -0.389 e. The molecule has 0 radical (unpaired) electrons. The fourth-order valence-electron chi connectivity index (χ4n) is 0.797. The average molecular weight is 223 g/mol. The first-order chi connectivity index (χ1) is 6.33. The summed E-state index contributed by atoms with van der Waals surface area (Å²) in [4.78, 5) is 0. The Hall–Kier alpha value is -0.130. The van der Waals surface area contributed by atoms with Crippen LogP contribution in [0.3, 0.4) is 0 Å². The van der Waals surface area contributed by atoms with E-state index >= 15 is 0 Å². The van der Waals surface area contributed by atoms with Gasteiger partial charge in [0, 0.05) is 6.54 Å². The highest BCUT2D eigenvalue weighted by Gasteiger charge is 2.20. The maximum atomic E-state index is 11.3. The second-order valence-electron chi connectivity index (χ2n) is 3.84. The lowest BCUT2D eigenvalue weighted by atomic mass is 10.1. The fourth-order valence-corrected chi connectivity index (χ4v) is 2.14. The molecule has 0 aromatic carbocycles. The number of nitrogens with one attached hydrogen (secondary N) is 1. The van der Waals surface area contributed by atoms with Gasteiger partial charge in [-0.05, 0) is 19.8 Å². The first kappa shape index (κ1) is 13.9. The van der Waals surface area contributed by atoms with Crippen molar-refractivity contribution in [1.82, 2.24) is 4.72 Å². The van der Waals surface area contributed by atoms with Crippen LogP contribution in [0.25, 0.3) is 0 Å². The third-order valence-corrected chi connectivity index (χ3v) is 3.61. The summed E-state index contributed by atoms with van der Waals surface area (Å²) in [5.41, 5.74) is -0.945. The summed E-state index contributed by atoms with van der Waals surface area (Å²) in [6.45, 7) is 5.48. The van der Waals surface area contributed by atoms with E-state index in [1.807, 2.05) is 13.8 Å². The van der Waals surface area contributed by atoms with Gasteiger partial charge in [-0.15, -0.1) is 0 Å². The largest absolute Gasteiger partial charge is 0.389 e. The molecule has 0 heterocycles. The topological polar surface area (TPSA) is 66.4 Å². The van der Waals surface area contributed by atoms with E-state index in [2.05, 4.69) is 4.72 Å². The van der Waals surface area contributed by atoms with E-state index in [0.717, 1.165) is 6.42 Å². The molecule has 0 aliphatic rings. The first-order valence-corrected chi connectivity index (χ1v) is 6.68. The van der Waals surface area contributed by atoms with Crippen molar-refractivity contribution in [2.75, 3.05) is 12.3 Å². The monoisotopic (exact) mass is 223 g/mol. The van der Waals surface area contributed by atoms with E-state index in [4.69, 9.17) is 0 Å². The molecule has 14 heavy (non-hydrogen) atoms. The Morgan fingerprint density at radius 3 is 2.36 bits per heavy atom. The molecule has 0 spiro atoms. The summed E-state index contributed by atoms with van der Waals surface area (Å²) in [5.74, 6) is 0.142. The Balaban J connectivity index is 4.00. The smallest absolute Gasteiger partial charge is 0.211 e. The van der Waals surface area contributed by atoms with Gasteiger partial charge in [-0.25, -0.2) is 13.1 Å². The molecule has 4 nitrogen and oxygen atoms in total. The number of hydrogen-bond acceptors (Lipinski definition) is 3. The van der Waals surface area contributed by atoms with Gasteiger partial charge in [-0.1, -0.05) is 20.3 Å². The van der Waals surface area contributed by atoms with Crippen molar-refractivity contribution in [1.29, 1.82) is 0 Å². The Morgan fingerprint density at radius 1 is 1.36 bits per heavy atom. The number of unbranched alkanes of at least 4 members (excludes halogenated alkanes) is 1. The van der Waals surface area contributed by atoms with Gasteiger partial charge in [0.25, 0.3) is 0 Å². The average Bonchev–Trinajstić information content (AvgIpc) is 2.12. The zero-order chi connectivity index (χ0) is 11.2. The van der Waals surface area contributed by atoms with Crippen molar-refractivity contribution in [3.63, 3.8) is 0 Å². The van der Waals surface area contributed by atoms with Gasteiger partial charge in [-0.3, -0.25) is 0 Å². The lowest BCUT2D eigenvalue weighted by molar-refractivity contribution is 0.0613. The van der Waals surface area contributed by atoms with Crippen LogP contribution in [0.1, 0.15) is 40.0 Å². The normalized spacial score (nSPS) is 16.6. The fraction of sp³-hybridized carbons (Fsp3) is 1.00. The van der Waals surface area contributed by atoms with E-state index in [-0.39, 0.29) is 12.3 Å². The van der Waals surface area contributed by atoms with E-state index < -0.39 is 15.6 Å². The Labute approximate surface area is 86.8 Å². The maximum absolute atomic E-state index is 11.3. The molecule has 86 valence electrons. The first-order valence-electron chi connectivity index (χ1n) is 5.02. The van der Waals surface area contributed by atoms with E-state index in [1.54, 1.807) is 6.92 Å². The molecule has 0 bridgehead atoms. The van der Waals surface area contributed by atoms with Crippen LogP contribution in [0.15, 0.2) is 0 Å². The van der Waals surface area contributed by atoms with E-state index in [1.165, 1.54) is 0 Å². The van der Waals surface area contributed by atoms with Gasteiger partial charge >= 0.3 is 0 Å². The summed E-state index contributed by atoms with van der Waals surface area (Å²) >= 11 is 0. The maximum Gasteiger partial charge on any atom is 0.211 e. The molecular formula is C9H21NO3S. The molecular weight excluding hydrogens is 202 g/mol. The van der Waals surface area contributed by atoms with Crippen LogP contribution in [0, 0.1) is 0 Å². The molecule has 0 amide bonds. The van der Waals surface area contributed by atoms with E-state index in [0.29, 0.717) is 12.8 Å². The number of hydrogen-bond donors (Lipinski definition) is 2. The van der Waals surface area contributed by atoms with Crippen LogP contribution in [0.4, 0.5) is 0 Å². The highest BCUT2D eigenvalue weighted by Crippen LogP contribution is 2.07. The molecule has 0 fully saturated rings. The summed E-state index contributed by atoms with van der Waals surface area (Å²) in [6, 6.07) is 0. The second-order valence-corrected chi connectivity index (χ2v) is 5.77. The summed E-state index contributed by atoms with van der Waals surface area (Å²) in [7, 11) is -3.20. The summed E-state index contributed by atoms with van der Waals surface area (Å²) in [5, 5.41) is 9.59. The van der Waals surface area contributed by atoms with Gasteiger partial charge in [0.2, 0.25) is 10.0 Å². The van der Waals surface area contributed by atoms with Crippen LogP contribution in [0.2, 0.25) is 0 Å². The molecule has 0 rings (SSSR count). The lowest BCUT2D eigenvalue weighted by Crippen LogP contribution is -2.40. The highest BCUT2D eigenvalue weighted by atomic mass is 32.2. The highest BCUT2D eigenvalue weighted by molar-refractivity contribution is 7.89. The molecule has 2 N–H and O–H groups in total. The molecule has 1 atom stereocenters. The molecule has 0 saturated heterocycles. The van der Waals surface area contributed by atoms with Crippen molar-refractivity contribution >= 4 is 10.0 Å². The second kappa shape index (κ2) is 5.68. The van der Waals surface area contributed by atoms with Gasteiger partial charge in [-0.2, -0.15) is 0 Å². The molecule has 0 saturated carbocycles. The molecule has 0 aromatic heterocycles. The van der Waals surface area contributed by atoms with Crippen molar-refractivity contribution < 1.29 is 13.5 Å². The van der Waals surface area contributed by atoms with Crippen LogP contribution >= 0.6 is 0 Å². The van der Waals surface area contributed by atoms with Gasteiger partial charge in [0.1, 0.15) is 0 Å². The van der Waals surface area contributed by atoms with E-state index in [9.17, 15) is 13.5 Å². The Kier molecular flexibility index (Phi) is 5.63. The lowest BCUT2D eigenvalue weighted by Gasteiger charge is -2.21. The van der Waals surface area contributed by atoms with Crippen molar-refractivity contribution in [3.05, 3.63) is 0 Å². The van der Waals surface area contributed by atoms with Gasteiger partial charge < -0.3 is 5.11 Å². The Morgan fingerprint density at radius 2 is 1.93 bits per heavy atom. The predicted octanol–water partition coefficient (Wildman–Crippen LogP) is 0.867. The van der Waals surface area contributed by atoms with Gasteiger partial charge in [0.05, 0.1) is 11.4 Å². The molecule has 5 heteroatoms. The van der Waals surface area contributed by atoms with Crippen LogP contribution in [0.5, 0.6) is 0 Å². The zero-order valence-corrected chi connectivity index (χ0v) is 10.0. The zero-order valence-electron chi connectivity index (χ0n) is 9.21. The van der Waals surface area contributed by atoms with Gasteiger partial charge in [0.15, 0.2) is 0 Å². The summed E-state index contributed by atoms with van der Waals surface area (Å²) in [6.07, 6.45) is 2.04. The summed E-state index contributed by atoms with van der Waals surface area (Å²) < 4.78 is 25.1. The van der Waals surface area contributed by atoms with Crippen molar-refractivity contribution in [2.45, 2.75) is 45.6 Å². The van der Waals surface area contributed by atoms with Crippen LogP contribution in [-0.2, 0) is 10.0 Å². The standard InChI is InChI=1S/C9H21NO3S/c1-4-6-7-14(12,13)10-8-9(3,11)5-2/h10-11H,4-8H2,1-3H3. The molecule has 0 aromatic rings. The van der Waals surface area contributed by atoms with Crippen LogP contribution < -0.4 is 4.72 Å². The van der Waals surface area contributed by atoms with Crippen molar-refractivity contribution in [2.24, 2.45) is 0 Å². The predicted molar refractivity (Wildman–Crippen MR) is 57.6 cm³/mol. The van der Waals surface area contributed by atoms with Crippen LogP contribution in [-0.4, -0.2) is 31.4 Å². The quantitative estimate of drug-likeness (QED) is 0.673.